The van der Waals surface area contributed by atoms with Gasteiger partial charge in [-0.2, -0.15) is 0 Å². The summed E-state index contributed by atoms with van der Waals surface area (Å²) in [4.78, 5) is 4.34. The second-order valence-electron chi connectivity index (χ2n) is 4.51. The predicted molar refractivity (Wildman–Crippen MR) is 81.9 cm³/mol. The van der Waals surface area contributed by atoms with Gasteiger partial charge in [-0.25, -0.2) is 4.98 Å². The Balaban J connectivity index is 2.07. The molecule has 0 saturated carbocycles. The van der Waals surface area contributed by atoms with Gasteiger partial charge in [-0.05, 0) is 31.2 Å². The van der Waals surface area contributed by atoms with E-state index in [0.717, 1.165) is 29.3 Å². The smallest absolute Gasteiger partial charge is 0.160 e. The standard InChI is InChI=1S/C15H20N2O2S/c1-16-12(10-15-17-6-7-20-15)8-11-4-5-13(18-2)14(9-11)19-3/h4-7,9,12,16H,8,10H2,1-3H3. The maximum Gasteiger partial charge on any atom is 0.160 e. The van der Waals surface area contributed by atoms with Gasteiger partial charge < -0.3 is 14.8 Å². The van der Waals surface area contributed by atoms with E-state index < -0.39 is 0 Å². The van der Waals surface area contributed by atoms with Gasteiger partial charge >= 0.3 is 0 Å². The maximum absolute atomic E-state index is 5.34. The molecule has 1 atom stereocenters. The first-order chi connectivity index (χ1) is 9.76. The molecule has 108 valence electrons. The lowest BCUT2D eigenvalue weighted by Crippen LogP contribution is -2.29. The number of likely N-dealkylation sites (N-methyl/N-ethyl adjacent to an activating group) is 1. The minimum absolute atomic E-state index is 0.360. The highest BCUT2D eigenvalue weighted by molar-refractivity contribution is 7.09. The minimum atomic E-state index is 0.360. The molecule has 0 aliphatic rings. The van der Waals surface area contributed by atoms with Crippen molar-refractivity contribution in [1.29, 1.82) is 0 Å². The first kappa shape index (κ1) is 14.8. The molecule has 0 fully saturated rings. The molecule has 1 unspecified atom stereocenters. The van der Waals surface area contributed by atoms with Gasteiger partial charge in [0.2, 0.25) is 0 Å². The van der Waals surface area contributed by atoms with Gasteiger partial charge in [-0.15, -0.1) is 11.3 Å². The number of ether oxygens (including phenoxy) is 2. The average Bonchev–Trinajstić information content (AvgIpc) is 2.99. The van der Waals surface area contributed by atoms with Crippen LogP contribution in [0.15, 0.2) is 29.8 Å². The van der Waals surface area contributed by atoms with Crippen molar-refractivity contribution >= 4 is 11.3 Å². The third-order valence-corrected chi connectivity index (χ3v) is 4.04. The molecule has 0 aliphatic carbocycles. The summed E-state index contributed by atoms with van der Waals surface area (Å²) in [5.74, 6) is 1.53. The molecule has 1 N–H and O–H groups in total. The average molecular weight is 292 g/mol. The number of aromatic nitrogens is 1. The normalized spacial score (nSPS) is 12.2. The van der Waals surface area contributed by atoms with Gasteiger partial charge in [0.1, 0.15) is 0 Å². The van der Waals surface area contributed by atoms with Crippen molar-refractivity contribution in [2.24, 2.45) is 0 Å². The fourth-order valence-corrected chi connectivity index (χ4v) is 2.83. The summed E-state index contributed by atoms with van der Waals surface area (Å²) in [5, 5.41) is 6.52. The van der Waals surface area contributed by atoms with E-state index in [9.17, 15) is 0 Å². The summed E-state index contributed by atoms with van der Waals surface area (Å²) in [7, 11) is 5.29. The number of nitrogens with one attached hydrogen (secondary N) is 1. The molecule has 2 rings (SSSR count). The van der Waals surface area contributed by atoms with Crippen LogP contribution in [0.4, 0.5) is 0 Å². The van der Waals surface area contributed by atoms with Crippen molar-refractivity contribution in [3.63, 3.8) is 0 Å². The van der Waals surface area contributed by atoms with Crippen molar-refractivity contribution < 1.29 is 9.47 Å². The Morgan fingerprint density at radius 2 is 2.00 bits per heavy atom. The fourth-order valence-electron chi connectivity index (χ4n) is 2.13. The van der Waals surface area contributed by atoms with E-state index >= 15 is 0 Å². The Morgan fingerprint density at radius 1 is 1.20 bits per heavy atom. The van der Waals surface area contributed by atoms with Crippen LogP contribution >= 0.6 is 11.3 Å². The number of hydrogen-bond acceptors (Lipinski definition) is 5. The van der Waals surface area contributed by atoms with E-state index in [4.69, 9.17) is 9.47 Å². The molecular weight excluding hydrogens is 272 g/mol. The van der Waals surface area contributed by atoms with Crippen molar-refractivity contribution in [3.8, 4) is 11.5 Å². The molecular formula is C15H20N2O2S. The topological polar surface area (TPSA) is 43.4 Å². The van der Waals surface area contributed by atoms with Crippen LogP contribution in [-0.2, 0) is 12.8 Å². The van der Waals surface area contributed by atoms with E-state index in [-0.39, 0.29) is 0 Å². The highest BCUT2D eigenvalue weighted by atomic mass is 32.1. The molecule has 0 radical (unpaired) electrons. The lowest BCUT2D eigenvalue weighted by molar-refractivity contribution is 0.354. The molecule has 0 spiro atoms. The molecule has 2 aromatic rings. The number of hydrogen-bond donors (Lipinski definition) is 1. The van der Waals surface area contributed by atoms with Crippen LogP contribution in [0.5, 0.6) is 11.5 Å². The quantitative estimate of drug-likeness (QED) is 0.851. The van der Waals surface area contributed by atoms with Gasteiger partial charge in [-0.1, -0.05) is 6.07 Å². The van der Waals surface area contributed by atoms with Crippen LogP contribution < -0.4 is 14.8 Å². The van der Waals surface area contributed by atoms with Crippen molar-refractivity contribution in [1.82, 2.24) is 10.3 Å². The third-order valence-electron chi connectivity index (χ3n) is 3.24. The van der Waals surface area contributed by atoms with Crippen LogP contribution in [0, 0.1) is 0 Å². The lowest BCUT2D eigenvalue weighted by atomic mass is 10.0. The Hall–Kier alpha value is -1.59. The zero-order valence-electron chi connectivity index (χ0n) is 12.1. The molecule has 1 aromatic carbocycles. The first-order valence-electron chi connectivity index (χ1n) is 6.53. The van der Waals surface area contributed by atoms with Gasteiger partial charge in [-0.3, -0.25) is 0 Å². The monoisotopic (exact) mass is 292 g/mol. The largest absolute Gasteiger partial charge is 0.493 e. The maximum atomic E-state index is 5.34. The summed E-state index contributed by atoms with van der Waals surface area (Å²) in [6.07, 6.45) is 3.71. The second kappa shape index (κ2) is 7.26. The van der Waals surface area contributed by atoms with Gasteiger partial charge in [0.05, 0.1) is 19.2 Å². The minimum Gasteiger partial charge on any atom is -0.493 e. The zero-order chi connectivity index (χ0) is 14.4. The lowest BCUT2D eigenvalue weighted by Gasteiger charge is -2.16. The van der Waals surface area contributed by atoms with E-state index in [1.165, 1.54) is 5.56 Å². The van der Waals surface area contributed by atoms with Gasteiger partial charge in [0.15, 0.2) is 11.5 Å². The van der Waals surface area contributed by atoms with E-state index in [0.29, 0.717) is 6.04 Å². The van der Waals surface area contributed by atoms with Gasteiger partial charge in [0.25, 0.3) is 0 Å². The molecule has 0 aliphatic heterocycles. The van der Waals surface area contributed by atoms with Crippen LogP contribution in [0.2, 0.25) is 0 Å². The molecule has 20 heavy (non-hydrogen) atoms. The molecule has 4 nitrogen and oxygen atoms in total. The molecule has 0 bridgehead atoms. The fraction of sp³-hybridized carbons (Fsp3) is 0.400. The van der Waals surface area contributed by atoms with Crippen LogP contribution in [-0.4, -0.2) is 32.3 Å². The summed E-state index contributed by atoms with van der Waals surface area (Å²) in [5.41, 5.74) is 1.22. The Kier molecular flexibility index (Phi) is 5.38. The molecule has 1 heterocycles. The van der Waals surface area contributed by atoms with Crippen molar-refractivity contribution in [3.05, 3.63) is 40.3 Å². The summed E-state index contributed by atoms with van der Waals surface area (Å²) in [6.45, 7) is 0. The highest BCUT2D eigenvalue weighted by Gasteiger charge is 2.12. The first-order valence-corrected chi connectivity index (χ1v) is 7.41. The molecule has 1 aromatic heterocycles. The van der Waals surface area contributed by atoms with E-state index in [1.54, 1.807) is 25.6 Å². The van der Waals surface area contributed by atoms with Gasteiger partial charge in [0, 0.05) is 24.0 Å². The molecule has 0 saturated heterocycles. The van der Waals surface area contributed by atoms with Crippen LogP contribution in [0.1, 0.15) is 10.6 Å². The number of methoxy groups -OCH3 is 2. The Morgan fingerprint density at radius 3 is 2.60 bits per heavy atom. The Bertz CT molecular complexity index is 529. The SMILES string of the molecule is CNC(Cc1ccc(OC)c(OC)c1)Cc1nccs1. The summed E-state index contributed by atoms with van der Waals surface area (Å²) < 4.78 is 10.6. The third kappa shape index (κ3) is 3.71. The number of rotatable bonds is 7. The van der Waals surface area contributed by atoms with E-state index in [2.05, 4.69) is 16.4 Å². The number of thiazole rings is 1. The zero-order valence-corrected chi connectivity index (χ0v) is 12.9. The molecule has 5 heteroatoms. The summed E-state index contributed by atoms with van der Waals surface area (Å²) >= 11 is 1.70. The number of nitrogens with zero attached hydrogens (tertiary/aromatic N) is 1. The van der Waals surface area contributed by atoms with Crippen molar-refractivity contribution in [2.75, 3.05) is 21.3 Å². The van der Waals surface area contributed by atoms with Crippen LogP contribution in [0.3, 0.4) is 0 Å². The Labute approximate surface area is 123 Å². The van der Waals surface area contributed by atoms with E-state index in [1.807, 2.05) is 30.8 Å². The summed E-state index contributed by atoms with van der Waals surface area (Å²) in [6, 6.07) is 6.42. The van der Waals surface area contributed by atoms with Crippen LogP contribution in [0.25, 0.3) is 0 Å². The molecule has 0 amide bonds. The van der Waals surface area contributed by atoms with Crippen molar-refractivity contribution in [2.45, 2.75) is 18.9 Å². The highest BCUT2D eigenvalue weighted by Crippen LogP contribution is 2.28. The number of benzene rings is 1. The predicted octanol–water partition coefficient (Wildman–Crippen LogP) is 2.53. The second-order valence-corrected chi connectivity index (χ2v) is 5.49.